The van der Waals surface area contributed by atoms with Crippen molar-refractivity contribution in [1.29, 1.82) is 0 Å². The first-order chi connectivity index (χ1) is 9.12. The topological polar surface area (TPSA) is 123 Å². The first kappa shape index (κ1) is 13.4. The van der Waals surface area contributed by atoms with Crippen molar-refractivity contribution in [3.63, 3.8) is 0 Å². The smallest absolute Gasteiger partial charge is 0.243 e. The minimum absolute atomic E-state index is 0.00275. The maximum Gasteiger partial charge on any atom is 0.243 e. The molecule has 0 spiro atoms. The van der Waals surface area contributed by atoms with E-state index in [1.165, 1.54) is 18.7 Å². The van der Waals surface area contributed by atoms with Crippen molar-refractivity contribution in [3.8, 4) is 0 Å². The predicted octanol–water partition coefficient (Wildman–Crippen LogP) is -0.578. The van der Waals surface area contributed by atoms with E-state index in [2.05, 4.69) is 30.1 Å². The number of anilines is 1. The Morgan fingerprint density at radius 1 is 1.26 bits per heavy atom. The van der Waals surface area contributed by atoms with E-state index in [0.29, 0.717) is 18.3 Å². The van der Waals surface area contributed by atoms with Gasteiger partial charge in [0, 0.05) is 20.0 Å². The molecule has 10 heteroatoms. The summed E-state index contributed by atoms with van der Waals surface area (Å²) in [5.41, 5.74) is 0. The predicted molar refractivity (Wildman–Crippen MR) is 64.8 cm³/mol. The van der Waals surface area contributed by atoms with E-state index < -0.39 is 10.0 Å². The first-order valence-corrected chi connectivity index (χ1v) is 6.85. The van der Waals surface area contributed by atoms with Crippen molar-refractivity contribution >= 4 is 16.0 Å². The fourth-order valence-electron chi connectivity index (χ4n) is 1.27. The molecule has 0 aromatic carbocycles. The molecule has 0 aliphatic carbocycles. The normalized spacial score (nSPS) is 11.4. The summed E-state index contributed by atoms with van der Waals surface area (Å²) < 4.78 is 30.9. The lowest BCUT2D eigenvalue weighted by Crippen LogP contribution is -2.26. The molecule has 0 saturated carbocycles. The van der Waals surface area contributed by atoms with E-state index in [0.717, 1.165) is 0 Å². The molecule has 2 heterocycles. The Bertz CT molecular complexity index is 610. The Morgan fingerprint density at radius 2 is 2.00 bits per heavy atom. The molecule has 0 aliphatic rings. The molecule has 0 atom stereocenters. The number of nitrogens with zero attached hydrogens (tertiary/aromatic N) is 4. The fourth-order valence-corrected chi connectivity index (χ4v) is 2.19. The van der Waals surface area contributed by atoms with Gasteiger partial charge in [-0.15, -0.1) is 0 Å². The highest BCUT2D eigenvalue weighted by Crippen LogP contribution is 2.06. The van der Waals surface area contributed by atoms with Gasteiger partial charge < -0.3 is 9.84 Å². The van der Waals surface area contributed by atoms with Crippen LogP contribution < -0.4 is 10.0 Å². The molecule has 0 aliphatic heterocycles. The van der Waals surface area contributed by atoms with Crippen LogP contribution in [0.2, 0.25) is 0 Å². The maximum absolute atomic E-state index is 11.9. The van der Waals surface area contributed by atoms with Crippen molar-refractivity contribution in [2.45, 2.75) is 11.3 Å². The van der Waals surface area contributed by atoms with Crippen molar-refractivity contribution in [2.75, 3.05) is 18.9 Å². The summed E-state index contributed by atoms with van der Waals surface area (Å²) >= 11 is 0. The Labute approximate surface area is 109 Å². The Kier molecular flexibility index (Phi) is 4.02. The van der Waals surface area contributed by atoms with Crippen LogP contribution in [0, 0.1) is 0 Å². The second kappa shape index (κ2) is 5.71. The Balaban J connectivity index is 1.97. The third-order valence-corrected chi connectivity index (χ3v) is 3.62. The molecular weight excluding hydrogens is 272 g/mol. The monoisotopic (exact) mass is 284 g/mol. The quantitative estimate of drug-likeness (QED) is 0.722. The summed E-state index contributed by atoms with van der Waals surface area (Å²) in [5, 5.41) is 6.13. The highest BCUT2D eigenvalue weighted by atomic mass is 32.2. The molecule has 9 nitrogen and oxygen atoms in total. The van der Waals surface area contributed by atoms with Gasteiger partial charge in [-0.2, -0.15) is 4.98 Å². The lowest BCUT2D eigenvalue weighted by molar-refractivity contribution is 0.377. The van der Waals surface area contributed by atoms with E-state index >= 15 is 0 Å². The molecule has 0 amide bonds. The van der Waals surface area contributed by atoms with Crippen LogP contribution in [0.4, 0.5) is 5.95 Å². The van der Waals surface area contributed by atoms with Crippen LogP contribution in [0.15, 0.2) is 28.1 Å². The van der Waals surface area contributed by atoms with Gasteiger partial charge in [-0.05, 0) is 0 Å². The van der Waals surface area contributed by atoms with Gasteiger partial charge in [0.05, 0.1) is 12.4 Å². The highest BCUT2D eigenvalue weighted by molar-refractivity contribution is 7.89. The van der Waals surface area contributed by atoms with Gasteiger partial charge in [-0.3, -0.25) is 0 Å². The number of rotatable bonds is 6. The zero-order valence-corrected chi connectivity index (χ0v) is 10.9. The first-order valence-electron chi connectivity index (χ1n) is 5.37. The molecule has 0 bridgehead atoms. The summed E-state index contributed by atoms with van der Waals surface area (Å²) in [5.74, 6) is 0.717. The molecule has 0 unspecified atom stereocenters. The average Bonchev–Trinajstić information content (AvgIpc) is 2.92. The Hall–Kier alpha value is -2.07. The Morgan fingerprint density at radius 3 is 2.58 bits per heavy atom. The van der Waals surface area contributed by atoms with Gasteiger partial charge in [-0.1, -0.05) is 5.16 Å². The van der Waals surface area contributed by atoms with Gasteiger partial charge >= 0.3 is 0 Å². The SMILES string of the molecule is CNc1ncc(S(=O)(=O)NCCc2ncno2)cn1. The lowest BCUT2D eigenvalue weighted by atomic mass is 10.4. The molecule has 2 N–H and O–H groups in total. The van der Waals surface area contributed by atoms with Gasteiger partial charge in [0.15, 0.2) is 6.33 Å². The lowest BCUT2D eigenvalue weighted by Gasteiger charge is -2.05. The van der Waals surface area contributed by atoms with Crippen molar-refractivity contribution in [3.05, 3.63) is 24.6 Å². The van der Waals surface area contributed by atoms with Crippen LogP contribution in [-0.2, 0) is 16.4 Å². The largest absolute Gasteiger partial charge is 0.357 e. The molecule has 0 radical (unpaired) electrons. The summed E-state index contributed by atoms with van der Waals surface area (Å²) in [7, 11) is -1.99. The minimum atomic E-state index is -3.63. The van der Waals surface area contributed by atoms with Gasteiger partial charge in [-0.25, -0.2) is 23.1 Å². The van der Waals surface area contributed by atoms with Crippen molar-refractivity contribution < 1.29 is 12.9 Å². The van der Waals surface area contributed by atoms with Gasteiger partial charge in [0.25, 0.3) is 0 Å². The van der Waals surface area contributed by atoms with Crippen LogP contribution >= 0.6 is 0 Å². The number of hydrogen-bond acceptors (Lipinski definition) is 8. The number of nitrogens with one attached hydrogen (secondary N) is 2. The summed E-state index contributed by atoms with van der Waals surface area (Å²) in [6.45, 7) is 0.151. The van der Waals surface area contributed by atoms with Gasteiger partial charge in [0.1, 0.15) is 4.90 Å². The number of hydrogen-bond donors (Lipinski definition) is 2. The summed E-state index contributed by atoms with van der Waals surface area (Å²) in [4.78, 5) is 11.5. The molecular formula is C9H12N6O3S. The molecule has 2 aromatic rings. The molecule has 0 fully saturated rings. The zero-order valence-electron chi connectivity index (χ0n) is 10.1. The second-order valence-electron chi connectivity index (χ2n) is 3.48. The van der Waals surface area contributed by atoms with Crippen LogP contribution in [-0.4, -0.2) is 42.1 Å². The average molecular weight is 284 g/mol. The van der Waals surface area contributed by atoms with Crippen LogP contribution in [0.25, 0.3) is 0 Å². The van der Waals surface area contributed by atoms with Crippen LogP contribution in [0.3, 0.4) is 0 Å². The second-order valence-corrected chi connectivity index (χ2v) is 5.24. The number of aromatic nitrogens is 4. The third kappa shape index (κ3) is 3.45. The van der Waals surface area contributed by atoms with Crippen LogP contribution in [0.1, 0.15) is 5.89 Å². The van der Waals surface area contributed by atoms with E-state index in [1.54, 1.807) is 7.05 Å². The minimum Gasteiger partial charge on any atom is -0.357 e. The van der Waals surface area contributed by atoms with E-state index in [1.807, 2.05) is 0 Å². The summed E-state index contributed by atoms with van der Waals surface area (Å²) in [6, 6.07) is 0. The van der Waals surface area contributed by atoms with Crippen LogP contribution in [0.5, 0.6) is 0 Å². The van der Waals surface area contributed by atoms with Crippen molar-refractivity contribution in [1.82, 2.24) is 24.8 Å². The third-order valence-electron chi connectivity index (χ3n) is 2.20. The van der Waals surface area contributed by atoms with E-state index in [4.69, 9.17) is 4.52 Å². The van der Waals surface area contributed by atoms with Gasteiger partial charge in [0.2, 0.25) is 21.9 Å². The van der Waals surface area contributed by atoms with E-state index in [-0.39, 0.29) is 11.4 Å². The molecule has 102 valence electrons. The fraction of sp³-hybridized carbons (Fsp3) is 0.333. The zero-order chi connectivity index (χ0) is 13.7. The highest BCUT2D eigenvalue weighted by Gasteiger charge is 2.15. The standard InChI is InChI=1S/C9H12N6O3S/c1-10-9-11-4-7(5-12-9)19(16,17)15-3-2-8-13-6-14-18-8/h4-6,15H,2-3H2,1H3,(H,10,11,12). The molecule has 2 aromatic heterocycles. The molecule has 0 saturated heterocycles. The molecule has 2 rings (SSSR count). The van der Waals surface area contributed by atoms with E-state index in [9.17, 15) is 8.42 Å². The number of sulfonamides is 1. The maximum atomic E-state index is 11.9. The van der Waals surface area contributed by atoms with Crippen molar-refractivity contribution in [2.24, 2.45) is 0 Å². The molecule has 19 heavy (non-hydrogen) atoms. The summed E-state index contributed by atoms with van der Waals surface area (Å²) in [6.07, 6.45) is 4.03.